The van der Waals surface area contributed by atoms with Crippen LogP contribution in [0.5, 0.6) is 0 Å². The van der Waals surface area contributed by atoms with Crippen LogP contribution in [0.2, 0.25) is 0 Å². The average Bonchev–Trinajstić information content (AvgIpc) is 2.74. The number of carbonyl (C=O) groups is 1. The van der Waals surface area contributed by atoms with Gasteiger partial charge in [-0.25, -0.2) is 0 Å². The van der Waals surface area contributed by atoms with Crippen LogP contribution in [-0.4, -0.2) is 25.0 Å². The zero-order chi connectivity index (χ0) is 10.7. The highest BCUT2D eigenvalue weighted by molar-refractivity contribution is 7.08. The zero-order valence-corrected chi connectivity index (χ0v) is 10.9. The number of nitrogens with one attached hydrogen (secondary N) is 2. The molecule has 16 heavy (non-hydrogen) atoms. The molecule has 2 atom stereocenters. The molecule has 1 aromatic heterocycles. The van der Waals surface area contributed by atoms with Crippen molar-refractivity contribution in [2.75, 3.05) is 13.1 Å². The molecule has 0 aliphatic carbocycles. The highest BCUT2D eigenvalue weighted by Gasteiger charge is 2.22. The van der Waals surface area contributed by atoms with E-state index in [-0.39, 0.29) is 18.3 Å². The van der Waals surface area contributed by atoms with Gasteiger partial charge >= 0.3 is 0 Å². The van der Waals surface area contributed by atoms with Gasteiger partial charge in [0.05, 0.1) is 0 Å². The first-order chi connectivity index (χ1) is 7.27. The largest absolute Gasteiger partial charge is 0.349 e. The third kappa shape index (κ3) is 3.20. The molecule has 2 N–H and O–H groups in total. The van der Waals surface area contributed by atoms with Gasteiger partial charge < -0.3 is 10.6 Å². The predicted octanol–water partition coefficient (Wildman–Crippen LogP) is 1.90. The standard InChI is InChI=1S/C11H16N2OS.ClH/c1-8-6-12-4-2-10(8)13-11(14)9-3-5-15-7-9;/h3,5,7-8,10,12H,2,4,6H2,1H3,(H,13,14);1H. The molecule has 5 heteroatoms. The monoisotopic (exact) mass is 260 g/mol. The molecule has 2 unspecified atom stereocenters. The number of hydrogen-bond acceptors (Lipinski definition) is 3. The molecule has 0 spiro atoms. The summed E-state index contributed by atoms with van der Waals surface area (Å²) in [4.78, 5) is 11.8. The lowest BCUT2D eigenvalue weighted by Gasteiger charge is -2.30. The number of hydrogen-bond donors (Lipinski definition) is 2. The number of thiophene rings is 1. The summed E-state index contributed by atoms with van der Waals surface area (Å²) in [6, 6.07) is 2.19. The maximum atomic E-state index is 11.8. The minimum Gasteiger partial charge on any atom is -0.349 e. The van der Waals surface area contributed by atoms with Gasteiger partial charge in [-0.2, -0.15) is 11.3 Å². The molecule has 0 saturated carbocycles. The molecule has 1 aliphatic rings. The number of carbonyl (C=O) groups excluding carboxylic acids is 1. The first kappa shape index (κ1) is 13.5. The van der Waals surface area contributed by atoms with Crippen LogP contribution in [0.4, 0.5) is 0 Å². The second-order valence-electron chi connectivity index (χ2n) is 4.06. The summed E-state index contributed by atoms with van der Waals surface area (Å²) in [6.45, 7) is 4.16. The van der Waals surface area contributed by atoms with Gasteiger partial charge in [-0.1, -0.05) is 6.92 Å². The quantitative estimate of drug-likeness (QED) is 0.853. The average molecular weight is 261 g/mol. The summed E-state index contributed by atoms with van der Waals surface area (Å²) in [5.74, 6) is 0.580. The topological polar surface area (TPSA) is 41.1 Å². The second-order valence-corrected chi connectivity index (χ2v) is 4.84. The third-order valence-corrected chi connectivity index (χ3v) is 3.57. The van der Waals surface area contributed by atoms with E-state index >= 15 is 0 Å². The number of rotatable bonds is 2. The Morgan fingerprint density at radius 3 is 3.06 bits per heavy atom. The Bertz CT molecular complexity index is 329. The molecule has 1 aromatic rings. The summed E-state index contributed by atoms with van der Waals surface area (Å²) in [5, 5.41) is 10.2. The van der Waals surface area contributed by atoms with E-state index in [4.69, 9.17) is 0 Å². The van der Waals surface area contributed by atoms with Gasteiger partial charge in [0.1, 0.15) is 0 Å². The van der Waals surface area contributed by atoms with Crippen molar-refractivity contribution >= 4 is 29.7 Å². The Morgan fingerprint density at radius 2 is 2.44 bits per heavy atom. The van der Waals surface area contributed by atoms with Crippen molar-refractivity contribution in [3.8, 4) is 0 Å². The van der Waals surface area contributed by atoms with Crippen molar-refractivity contribution in [1.29, 1.82) is 0 Å². The van der Waals surface area contributed by atoms with Crippen molar-refractivity contribution in [2.24, 2.45) is 5.92 Å². The first-order valence-corrected chi connectivity index (χ1v) is 6.25. The van der Waals surface area contributed by atoms with Gasteiger partial charge in [-0.3, -0.25) is 4.79 Å². The highest BCUT2D eigenvalue weighted by Crippen LogP contribution is 2.12. The fraction of sp³-hybridized carbons (Fsp3) is 0.545. The van der Waals surface area contributed by atoms with E-state index in [0.29, 0.717) is 12.0 Å². The maximum Gasteiger partial charge on any atom is 0.252 e. The Morgan fingerprint density at radius 1 is 1.62 bits per heavy atom. The van der Waals surface area contributed by atoms with Crippen LogP contribution < -0.4 is 10.6 Å². The van der Waals surface area contributed by atoms with Crippen LogP contribution >= 0.6 is 23.7 Å². The molecule has 0 radical (unpaired) electrons. The Labute approximate surface area is 106 Å². The van der Waals surface area contributed by atoms with E-state index in [2.05, 4.69) is 17.6 Å². The van der Waals surface area contributed by atoms with Gasteiger partial charge in [0.15, 0.2) is 0 Å². The molecule has 3 nitrogen and oxygen atoms in total. The van der Waals surface area contributed by atoms with E-state index in [9.17, 15) is 4.79 Å². The minimum atomic E-state index is 0. The first-order valence-electron chi connectivity index (χ1n) is 5.31. The van der Waals surface area contributed by atoms with Gasteiger partial charge in [0.25, 0.3) is 5.91 Å². The molecule has 90 valence electrons. The van der Waals surface area contributed by atoms with Crippen molar-refractivity contribution in [2.45, 2.75) is 19.4 Å². The summed E-state index contributed by atoms with van der Waals surface area (Å²) in [7, 11) is 0. The molecule has 2 rings (SSSR count). The molecule has 1 fully saturated rings. The SMILES string of the molecule is CC1CNCCC1NC(=O)c1ccsc1.Cl. The summed E-state index contributed by atoms with van der Waals surface area (Å²) in [6.07, 6.45) is 1.02. The van der Waals surface area contributed by atoms with Gasteiger partial charge in [0.2, 0.25) is 0 Å². The number of amides is 1. The fourth-order valence-electron chi connectivity index (χ4n) is 1.87. The van der Waals surface area contributed by atoms with Crippen LogP contribution in [0.25, 0.3) is 0 Å². The van der Waals surface area contributed by atoms with Gasteiger partial charge in [0, 0.05) is 17.0 Å². The predicted molar refractivity (Wildman–Crippen MR) is 69.5 cm³/mol. The summed E-state index contributed by atoms with van der Waals surface area (Å²) >= 11 is 1.56. The van der Waals surface area contributed by atoms with Crippen LogP contribution in [-0.2, 0) is 0 Å². The summed E-state index contributed by atoms with van der Waals surface area (Å²) in [5.41, 5.74) is 0.783. The van der Waals surface area contributed by atoms with Crippen molar-refractivity contribution in [3.05, 3.63) is 22.4 Å². The normalized spacial score (nSPS) is 24.6. The van der Waals surface area contributed by atoms with E-state index in [1.165, 1.54) is 0 Å². The third-order valence-electron chi connectivity index (χ3n) is 2.89. The molecule has 1 aliphatic heterocycles. The van der Waals surface area contributed by atoms with Crippen LogP contribution in [0.15, 0.2) is 16.8 Å². The molecule has 0 bridgehead atoms. The lowest BCUT2D eigenvalue weighted by molar-refractivity contribution is 0.0914. The van der Waals surface area contributed by atoms with Crippen LogP contribution in [0.1, 0.15) is 23.7 Å². The van der Waals surface area contributed by atoms with Crippen molar-refractivity contribution < 1.29 is 4.79 Å². The van der Waals surface area contributed by atoms with E-state index in [1.807, 2.05) is 16.8 Å². The molecular weight excluding hydrogens is 244 g/mol. The lowest BCUT2D eigenvalue weighted by atomic mass is 9.95. The maximum absolute atomic E-state index is 11.8. The van der Waals surface area contributed by atoms with Crippen LogP contribution in [0.3, 0.4) is 0 Å². The molecule has 1 amide bonds. The highest BCUT2D eigenvalue weighted by atomic mass is 35.5. The van der Waals surface area contributed by atoms with Crippen LogP contribution in [0, 0.1) is 5.92 Å². The van der Waals surface area contributed by atoms with E-state index < -0.39 is 0 Å². The van der Waals surface area contributed by atoms with Gasteiger partial charge in [-0.15, -0.1) is 12.4 Å². The Hall–Kier alpha value is -0.580. The van der Waals surface area contributed by atoms with Crippen molar-refractivity contribution in [3.63, 3.8) is 0 Å². The minimum absolute atomic E-state index is 0. The van der Waals surface area contributed by atoms with Gasteiger partial charge in [-0.05, 0) is 36.9 Å². The molecule has 0 aromatic carbocycles. The molecule has 2 heterocycles. The summed E-state index contributed by atoms with van der Waals surface area (Å²) < 4.78 is 0. The van der Waals surface area contributed by atoms with E-state index in [1.54, 1.807) is 11.3 Å². The van der Waals surface area contributed by atoms with E-state index in [0.717, 1.165) is 25.1 Å². The lowest BCUT2D eigenvalue weighted by Crippen LogP contribution is -2.48. The second kappa shape index (κ2) is 6.23. The smallest absolute Gasteiger partial charge is 0.252 e. The molecular formula is C11H17ClN2OS. The zero-order valence-electron chi connectivity index (χ0n) is 9.23. The Kier molecular flexibility index (Phi) is 5.25. The fourth-order valence-corrected chi connectivity index (χ4v) is 2.51. The number of halogens is 1. The number of piperidine rings is 1. The molecule has 1 saturated heterocycles. The Balaban J connectivity index is 0.00000128. The van der Waals surface area contributed by atoms with Crippen molar-refractivity contribution in [1.82, 2.24) is 10.6 Å².